The fraction of sp³-hybridized carbons (Fsp3) is 0.429. The van der Waals surface area contributed by atoms with Crippen molar-refractivity contribution < 1.29 is 18.0 Å². The van der Waals surface area contributed by atoms with Crippen LogP contribution >= 0.6 is 0 Å². The highest BCUT2D eigenvalue weighted by Crippen LogP contribution is 2.33. The molecule has 0 unspecified atom stereocenters. The first-order chi connectivity index (χ1) is 9.82. The van der Waals surface area contributed by atoms with Crippen LogP contribution in [0.25, 0.3) is 0 Å². The number of nitrogens with zero attached hydrogens (tertiary/aromatic N) is 3. The molecule has 0 bridgehead atoms. The first-order valence-electron chi connectivity index (χ1n) is 6.43. The quantitative estimate of drug-likeness (QED) is 0.798. The summed E-state index contributed by atoms with van der Waals surface area (Å²) in [6.07, 6.45) is -3.83. The lowest BCUT2D eigenvalue weighted by molar-refractivity contribution is -0.137. The second-order valence-electron chi connectivity index (χ2n) is 4.93. The molecule has 0 aromatic heterocycles. The molecule has 21 heavy (non-hydrogen) atoms. The van der Waals surface area contributed by atoms with Gasteiger partial charge in [-0.2, -0.15) is 18.4 Å². The Kier molecular flexibility index (Phi) is 4.07. The van der Waals surface area contributed by atoms with Crippen LogP contribution in [-0.4, -0.2) is 37.5 Å². The maximum absolute atomic E-state index is 12.8. The van der Waals surface area contributed by atoms with Gasteiger partial charge >= 0.3 is 6.18 Å². The predicted octanol–water partition coefficient (Wildman–Crippen LogP) is 2.25. The summed E-state index contributed by atoms with van der Waals surface area (Å²) in [7, 11) is 1.69. The van der Waals surface area contributed by atoms with Crippen molar-refractivity contribution in [2.75, 3.05) is 31.6 Å². The Balaban J connectivity index is 2.33. The number of nitriles is 1. The van der Waals surface area contributed by atoms with E-state index >= 15 is 0 Å². The van der Waals surface area contributed by atoms with E-state index in [0.717, 1.165) is 12.5 Å². The molecule has 2 rings (SSSR count). The number of halogens is 3. The molecule has 7 heteroatoms. The molecule has 4 nitrogen and oxygen atoms in total. The molecule has 1 heterocycles. The number of carbonyl (C=O) groups excluding carboxylic acids is 1. The SMILES string of the molecule is CN1CCCN(c2ccc(C(F)(F)F)c(C#N)c2)CC1=O. The van der Waals surface area contributed by atoms with Crippen molar-refractivity contribution in [3.63, 3.8) is 0 Å². The van der Waals surface area contributed by atoms with Gasteiger partial charge in [0.25, 0.3) is 0 Å². The van der Waals surface area contributed by atoms with Gasteiger partial charge in [-0.1, -0.05) is 0 Å². The molecule has 0 saturated carbocycles. The highest BCUT2D eigenvalue weighted by molar-refractivity contribution is 5.81. The summed E-state index contributed by atoms with van der Waals surface area (Å²) >= 11 is 0. The van der Waals surface area contributed by atoms with Crippen LogP contribution in [0.3, 0.4) is 0 Å². The van der Waals surface area contributed by atoms with Gasteiger partial charge in [0.2, 0.25) is 5.91 Å². The number of rotatable bonds is 1. The molecule has 0 N–H and O–H groups in total. The third-order valence-corrected chi connectivity index (χ3v) is 3.47. The Morgan fingerprint density at radius 2 is 2.00 bits per heavy atom. The molecule has 112 valence electrons. The number of likely N-dealkylation sites (N-methyl/N-ethyl adjacent to an activating group) is 1. The van der Waals surface area contributed by atoms with E-state index in [1.165, 1.54) is 12.1 Å². The summed E-state index contributed by atoms with van der Waals surface area (Å²) in [5.41, 5.74) is -0.916. The van der Waals surface area contributed by atoms with E-state index < -0.39 is 17.3 Å². The normalized spacial score (nSPS) is 16.6. The summed E-state index contributed by atoms with van der Waals surface area (Å²) < 4.78 is 38.3. The van der Waals surface area contributed by atoms with Crippen LogP contribution in [0.5, 0.6) is 0 Å². The maximum Gasteiger partial charge on any atom is 0.417 e. The summed E-state index contributed by atoms with van der Waals surface area (Å²) in [4.78, 5) is 15.1. The molecule has 0 radical (unpaired) electrons. The molecular weight excluding hydrogens is 283 g/mol. The minimum Gasteiger partial charge on any atom is -0.362 e. The van der Waals surface area contributed by atoms with Crippen molar-refractivity contribution in [3.05, 3.63) is 29.3 Å². The van der Waals surface area contributed by atoms with Crippen LogP contribution in [0.1, 0.15) is 17.5 Å². The lowest BCUT2D eigenvalue weighted by atomic mass is 10.1. The highest BCUT2D eigenvalue weighted by Gasteiger charge is 2.34. The number of amides is 1. The van der Waals surface area contributed by atoms with E-state index in [-0.39, 0.29) is 12.5 Å². The highest BCUT2D eigenvalue weighted by atomic mass is 19.4. The molecule has 1 fully saturated rings. The predicted molar refractivity (Wildman–Crippen MR) is 70.6 cm³/mol. The van der Waals surface area contributed by atoms with E-state index in [1.54, 1.807) is 22.9 Å². The molecule has 1 saturated heterocycles. The molecule has 0 spiro atoms. The van der Waals surface area contributed by atoms with Gasteiger partial charge in [-0.15, -0.1) is 0 Å². The van der Waals surface area contributed by atoms with Crippen LogP contribution in [-0.2, 0) is 11.0 Å². The van der Waals surface area contributed by atoms with Crippen molar-refractivity contribution in [1.82, 2.24) is 4.90 Å². The minimum absolute atomic E-state index is 0.0918. The lowest BCUT2D eigenvalue weighted by Gasteiger charge is -2.23. The summed E-state index contributed by atoms with van der Waals surface area (Å²) in [5, 5.41) is 8.91. The second kappa shape index (κ2) is 5.64. The smallest absolute Gasteiger partial charge is 0.362 e. The van der Waals surface area contributed by atoms with E-state index in [9.17, 15) is 18.0 Å². The third-order valence-electron chi connectivity index (χ3n) is 3.47. The zero-order valence-corrected chi connectivity index (χ0v) is 11.4. The van der Waals surface area contributed by atoms with Crippen LogP contribution in [0, 0.1) is 11.3 Å². The molecule has 1 aliphatic heterocycles. The first-order valence-corrected chi connectivity index (χ1v) is 6.43. The molecule has 1 aromatic rings. The van der Waals surface area contributed by atoms with Crippen molar-refractivity contribution in [1.29, 1.82) is 5.26 Å². The van der Waals surface area contributed by atoms with Gasteiger partial charge in [0, 0.05) is 25.8 Å². The Hall–Kier alpha value is -2.23. The molecule has 0 atom stereocenters. The van der Waals surface area contributed by atoms with Gasteiger partial charge in [-0.05, 0) is 24.6 Å². The Morgan fingerprint density at radius 3 is 2.62 bits per heavy atom. The largest absolute Gasteiger partial charge is 0.417 e. The van der Waals surface area contributed by atoms with Crippen LogP contribution in [0.2, 0.25) is 0 Å². The Bertz CT molecular complexity index is 592. The average molecular weight is 297 g/mol. The fourth-order valence-electron chi connectivity index (χ4n) is 2.28. The van der Waals surface area contributed by atoms with Gasteiger partial charge in [-0.3, -0.25) is 4.79 Å². The molecule has 0 aliphatic carbocycles. The molecule has 1 amide bonds. The van der Waals surface area contributed by atoms with Gasteiger partial charge in [0.15, 0.2) is 0 Å². The summed E-state index contributed by atoms with van der Waals surface area (Å²) in [6, 6.07) is 4.97. The monoisotopic (exact) mass is 297 g/mol. The van der Waals surface area contributed by atoms with E-state index in [1.807, 2.05) is 0 Å². The lowest BCUT2D eigenvalue weighted by Crippen LogP contribution is -2.34. The minimum atomic E-state index is -4.56. The van der Waals surface area contributed by atoms with Crippen molar-refractivity contribution in [2.24, 2.45) is 0 Å². The summed E-state index contributed by atoms with van der Waals surface area (Å²) in [6.45, 7) is 1.28. The molecular formula is C14H14F3N3O. The van der Waals surface area contributed by atoms with Gasteiger partial charge in [0.1, 0.15) is 0 Å². The van der Waals surface area contributed by atoms with Gasteiger partial charge < -0.3 is 9.80 Å². The average Bonchev–Trinajstić information content (AvgIpc) is 2.59. The fourth-order valence-corrected chi connectivity index (χ4v) is 2.28. The van der Waals surface area contributed by atoms with Crippen molar-refractivity contribution in [2.45, 2.75) is 12.6 Å². The standard InChI is InChI=1S/C14H14F3N3O/c1-19-5-2-6-20(9-13(19)21)11-3-4-12(14(15,16)17)10(7-11)8-18/h3-4,7H,2,5-6,9H2,1H3. The summed E-state index contributed by atoms with van der Waals surface area (Å²) in [5.74, 6) is -0.0918. The zero-order valence-electron chi connectivity index (χ0n) is 11.4. The van der Waals surface area contributed by atoms with Gasteiger partial charge in [-0.25, -0.2) is 0 Å². The first kappa shape index (κ1) is 15.2. The Labute approximate surface area is 120 Å². The van der Waals surface area contributed by atoms with Crippen LogP contribution < -0.4 is 4.90 Å². The second-order valence-corrected chi connectivity index (χ2v) is 4.93. The van der Waals surface area contributed by atoms with Crippen molar-refractivity contribution >= 4 is 11.6 Å². The zero-order chi connectivity index (χ0) is 15.6. The number of alkyl halides is 3. The Morgan fingerprint density at radius 1 is 1.29 bits per heavy atom. The molecule has 1 aliphatic rings. The van der Waals surface area contributed by atoms with E-state index in [0.29, 0.717) is 18.8 Å². The molecule has 1 aromatic carbocycles. The van der Waals surface area contributed by atoms with Crippen LogP contribution in [0.4, 0.5) is 18.9 Å². The topological polar surface area (TPSA) is 47.3 Å². The number of carbonyl (C=O) groups is 1. The van der Waals surface area contributed by atoms with Crippen molar-refractivity contribution in [3.8, 4) is 6.07 Å². The van der Waals surface area contributed by atoms with E-state index in [4.69, 9.17) is 5.26 Å². The number of anilines is 1. The number of hydrogen-bond donors (Lipinski definition) is 0. The third kappa shape index (κ3) is 3.27. The maximum atomic E-state index is 12.8. The van der Waals surface area contributed by atoms with Crippen LogP contribution in [0.15, 0.2) is 18.2 Å². The number of benzene rings is 1. The van der Waals surface area contributed by atoms with Gasteiger partial charge in [0.05, 0.1) is 23.7 Å². The van der Waals surface area contributed by atoms with E-state index in [2.05, 4.69) is 0 Å². The number of hydrogen-bond acceptors (Lipinski definition) is 3.